The molecule has 5 nitrogen and oxygen atoms in total. The van der Waals surface area contributed by atoms with Crippen LogP contribution in [0.2, 0.25) is 5.02 Å². The molecule has 0 saturated carbocycles. The Hall–Kier alpha value is -1.75. The van der Waals surface area contributed by atoms with E-state index in [1.807, 2.05) is 31.2 Å². The highest BCUT2D eigenvalue weighted by Crippen LogP contribution is 2.20. The first-order chi connectivity index (χ1) is 10.6. The first-order valence-corrected chi connectivity index (χ1v) is 8.03. The van der Waals surface area contributed by atoms with Gasteiger partial charge in [-0.25, -0.2) is 0 Å². The van der Waals surface area contributed by atoms with Crippen molar-refractivity contribution in [1.29, 1.82) is 0 Å². The largest absolute Gasteiger partial charge is 0.368 e. The molecule has 1 fully saturated rings. The van der Waals surface area contributed by atoms with E-state index in [0.717, 1.165) is 25.2 Å². The van der Waals surface area contributed by atoms with Gasteiger partial charge in [0.2, 0.25) is 11.8 Å². The van der Waals surface area contributed by atoms with Gasteiger partial charge >= 0.3 is 0 Å². The zero-order valence-corrected chi connectivity index (χ0v) is 13.6. The van der Waals surface area contributed by atoms with Crippen LogP contribution in [0.1, 0.15) is 19.8 Å². The third-order valence-electron chi connectivity index (χ3n) is 3.69. The fourth-order valence-corrected chi connectivity index (χ4v) is 2.65. The van der Waals surface area contributed by atoms with E-state index in [0.29, 0.717) is 24.7 Å². The molecule has 0 aromatic heterocycles. The van der Waals surface area contributed by atoms with E-state index in [-0.39, 0.29) is 18.2 Å². The van der Waals surface area contributed by atoms with Crippen LogP contribution in [0, 0.1) is 0 Å². The maximum atomic E-state index is 12.1. The molecule has 1 aromatic rings. The van der Waals surface area contributed by atoms with Crippen LogP contribution in [0.3, 0.4) is 0 Å². The molecule has 1 heterocycles. The van der Waals surface area contributed by atoms with E-state index in [9.17, 15) is 9.59 Å². The zero-order valence-electron chi connectivity index (χ0n) is 12.8. The summed E-state index contributed by atoms with van der Waals surface area (Å²) in [6.45, 7) is 5.37. The zero-order chi connectivity index (χ0) is 15.9. The van der Waals surface area contributed by atoms with Crippen molar-refractivity contribution in [3.8, 4) is 0 Å². The maximum Gasteiger partial charge on any atom is 0.232 e. The van der Waals surface area contributed by atoms with E-state index in [1.165, 1.54) is 0 Å². The number of nitrogens with one attached hydrogen (secondary N) is 1. The molecule has 0 radical (unpaired) electrons. The smallest absolute Gasteiger partial charge is 0.232 e. The van der Waals surface area contributed by atoms with Crippen LogP contribution in [0.5, 0.6) is 0 Å². The number of amides is 2. The number of hydrogen-bond donors (Lipinski definition) is 1. The summed E-state index contributed by atoms with van der Waals surface area (Å²) >= 11 is 6.01. The average molecular weight is 324 g/mol. The minimum atomic E-state index is -0.191. The van der Waals surface area contributed by atoms with Crippen LogP contribution in [0.15, 0.2) is 24.3 Å². The molecule has 6 heteroatoms. The minimum absolute atomic E-state index is 0.0584. The number of carbonyl (C=O) groups excluding carboxylic acids is 2. The lowest BCUT2D eigenvalue weighted by Gasteiger charge is -2.36. The quantitative estimate of drug-likeness (QED) is 0.842. The molecule has 120 valence electrons. The van der Waals surface area contributed by atoms with Crippen molar-refractivity contribution in [3.05, 3.63) is 29.3 Å². The summed E-state index contributed by atoms with van der Waals surface area (Å²) in [5.41, 5.74) is 1.07. The van der Waals surface area contributed by atoms with E-state index in [2.05, 4.69) is 10.2 Å². The van der Waals surface area contributed by atoms with Gasteiger partial charge in [-0.3, -0.25) is 9.59 Å². The second-order valence-electron chi connectivity index (χ2n) is 5.37. The summed E-state index contributed by atoms with van der Waals surface area (Å²) < 4.78 is 0. The van der Waals surface area contributed by atoms with Crippen molar-refractivity contribution in [2.24, 2.45) is 0 Å². The number of halogens is 1. The van der Waals surface area contributed by atoms with Gasteiger partial charge < -0.3 is 15.1 Å². The highest BCUT2D eigenvalue weighted by molar-refractivity contribution is 6.30. The number of piperazine rings is 1. The Morgan fingerprint density at radius 2 is 1.95 bits per heavy atom. The first-order valence-electron chi connectivity index (χ1n) is 7.65. The van der Waals surface area contributed by atoms with Crippen LogP contribution in [0.25, 0.3) is 0 Å². The molecule has 1 aromatic carbocycles. The van der Waals surface area contributed by atoms with Crippen molar-refractivity contribution in [1.82, 2.24) is 10.2 Å². The van der Waals surface area contributed by atoms with Crippen LogP contribution in [0.4, 0.5) is 5.69 Å². The standard InChI is InChI=1S/C16H22ClN3O2/c1-2-6-18-15(21)12-16(22)20-9-7-19(8-10-20)14-5-3-4-13(17)11-14/h3-5,11H,2,6-10,12H2,1H3,(H,18,21). The van der Waals surface area contributed by atoms with Gasteiger partial charge in [0.05, 0.1) is 0 Å². The van der Waals surface area contributed by atoms with Crippen LogP contribution in [-0.2, 0) is 9.59 Å². The third kappa shape index (κ3) is 4.63. The fourth-order valence-electron chi connectivity index (χ4n) is 2.46. The number of carbonyl (C=O) groups is 2. The number of nitrogens with zero attached hydrogens (tertiary/aromatic N) is 2. The summed E-state index contributed by atoms with van der Waals surface area (Å²) in [4.78, 5) is 27.6. The Labute approximate surface area is 136 Å². The van der Waals surface area contributed by atoms with Crippen LogP contribution < -0.4 is 10.2 Å². The molecule has 1 N–H and O–H groups in total. The predicted molar refractivity (Wildman–Crippen MR) is 88.2 cm³/mol. The van der Waals surface area contributed by atoms with Gasteiger partial charge in [0.1, 0.15) is 6.42 Å². The minimum Gasteiger partial charge on any atom is -0.368 e. The third-order valence-corrected chi connectivity index (χ3v) is 3.92. The monoisotopic (exact) mass is 323 g/mol. The molecule has 2 rings (SSSR count). The van der Waals surface area contributed by atoms with Crippen molar-refractivity contribution in [3.63, 3.8) is 0 Å². The molecule has 2 amide bonds. The number of benzene rings is 1. The molecule has 0 atom stereocenters. The van der Waals surface area contributed by atoms with E-state index < -0.39 is 0 Å². The summed E-state index contributed by atoms with van der Waals surface area (Å²) in [6, 6.07) is 7.71. The average Bonchev–Trinajstić information content (AvgIpc) is 2.53. The SMILES string of the molecule is CCCNC(=O)CC(=O)N1CCN(c2cccc(Cl)c2)CC1. The Bertz CT molecular complexity index is 528. The summed E-state index contributed by atoms with van der Waals surface area (Å²) in [7, 11) is 0. The predicted octanol–water partition coefficient (Wildman–Crippen LogP) is 1.90. The maximum absolute atomic E-state index is 12.1. The summed E-state index contributed by atoms with van der Waals surface area (Å²) in [5, 5.41) is 3.44. The Morgan fingerprint density at radius 1 is 1.23 bits per heavy atom. The molecule has 0 aliphatic carbocycles. The second kappa shape index (κ2) is 8.03. The summed E-state index contributed by atoms with van der Waals surface area (Å²) in [6.07, 6.45) is 0.815. The molecular formula is C16H22ClN3O2. The Morgan fingerprint density at radius 3 is 2.59 bits per heavy atom. The highest BCUT2D eigenvalue weighted by atomic mass is 35.5. The topological polar surface area (TPSA) is 52.7 Å². The van der Waals surface area contributed by atoms with Gasteiger partial charge in [0.15, 0.2) is 0 Å². The van der Waals surface area contributed by atoms with E-state index >= 15 is 0 Å². The molecule has 0 bridgehead atoms. The van der Waals surface area contributed by atoms with Gasteiger partial charge in [0.25, 0.3) is 0 Å². The number of anilines is 1. The van der Waals surface area contributed by atoms with Gasteiger partial charge in [-0.1, -0.05) is 24.6 Å². The number of rotatable bonds is 5. The molecule has 1 saturated heterocycles. The van der Waals surface area contributed by atoms with Crippen LogP contribution >= 0.6 is 11.6 Å². The summed E-state index contributed by atoms with van der Waals surface area (Å²) in [5.74, 6) is -0.288. The molecule has 0 spiro atoms. The molecular weight excluding hydrogens is 302 g/mol. The number of hydrogen-bond acceptors (Lipinski definition) is 3. The molecule has 1 aliphatic heterocycles. The van der Waals surface area contributed by atoms with Gasteiger partial charge in [0, 0.05) is 43.4 Å². The van der Waals surface area contributed by atoms with Gasteiger partial charge in [-0.15, -0.1) is 0 Å². The highest BCUT2D eigenvalue weighted by Gasteiger charge is 2.22. The lowest BCUT2D eigenvalue weighted by atomic mass is 10.2. The van der Waals surface area contributed by atoms with E-state index in [1.54, 1.807) is 4.90 Å². The van der Waals surface area contributed by atoms with E-state index in [4.69, 9.17) is 11.6 Å². The lowest BCUT2D eigenvalue weighted by Crippen LogP contribution is -2.49. The van der Waals surface area contributed by atoms with Crippen molar-refractivity contribution in [2.45, 2.75) is 19.8 Å². The van der Waals surface area contributed by atoms with Gasteiger partial charge in [-0.2, -0.15) is 0 Å². The molecule has 0 unspecified atom stereocenters. The first kappa shape index (κ1) is 16.6. The Kier molecular flexibility index (Phi) is 6.07. The molecule has 22 heavy (non-hydrogen) atoms. The fraction of sp³-hybridized carbons (Fsp3) is 0.500. The van der Waals surface area contributed by atoms with Crippen molar-refractivity contribution in [2.75, 3.05) is 37.6 Å². The van der Waals surface area contributed by atoms with Crippen LogP contribution in [-0.4, -0.2) is 49.4 Å². The Balaban J connectivity index is 1.81. The molecule has 1 aliphatic rings. The van der Waals surface area contributed by atoms with Crippen molar-refractivity contribution >= 4 is 29.1 Å². The normalized spacial score (nSPS) is 14.8. The van der Waals surface area contributed by atoms with Crippen molar-refractivity contribution < 1.29 is 9.59 Å². The second-order valence-corrected chi connectivity index (χ2v) is 5.81. The van der Waals surface area contributed by atoms with Gasteiger partial charge in [-0.05, 0) is 24.6 Å². The lowest BCUT2D eigenvalue weighted by molar-refractivity contribution is -0.136.